The molecule has 0 saturated carbocycles. The fourth-order valence-electron chi connectivity index (χ4n) is 4.46. The van der Waals surface area contributed by atoms with Crippen LogP contribution < -0.4 is 10.3 Å². The van der Waals surface area contributed by atoms with Crippen LogP contribution in [0.2, 0.25) is 5.02 Å². The number of carboxylic acids is 1. The number of aliphatic carboxylic acids is 1. The van der Waals surface area contributed by atoms with Gasteiger partial charge in [0.05, 0.1) is 12.2 Å². The summed E-state index contributed by atoms with van der Waals surface area (Å²) in [6.07, 6.45) is -4.94. The fourth-order valence-corrected chi connectivity index (χ4v) is 4.70. The maximum absolute atomic E-state index is 14.4. The highest BCUT2D eigenvalue weighted by Gasteiger charge is 2.61. The van der Waals surface area contributed by atoms with Gasteiger partial charge in [0.25, 0.3) is 5.56 Å². The standard InChI is InChI=1S/C29H30ClF5N2O4/c1-4-6-12-23-36-17(3)24(28(31,32)29(33,34)35)26(38)37(23)16-18-13-14-22(19(15-18)9-5-2)41-25(27(39)40)20-10-7-8-11-21(20)30/h7-8,10-11,13-15,25H,4-6,9,12,16H2,1-3H3,(H,39,40). The number of alkyl halides is 5. The number of aryl methyl sites for hydroxylation is 3. The van der Waals surface area contributed by atoms with Crippen LogP contribution in [-0.2, 0) is 30.1 Å². The van der Waals surface area contributed by atoms with Crippen molar-refractivity contribution in [3.63, 3.8) is 0 Å². The lowest BCUT2D eigenvalue weighted by molar-refractivity contribution is -0.290. The third-order valence-corrected chi connectivity index (χ3v) is 6.84. The van der Waals surface area contributed by atoms with Crippen molar-refractivity contribution < 1.29 is 36.6 Å². The molecule has 0 amide bonds. The molecular formula is C29H30ClF5N2O4. The highest BCUT2D eigenvalue weighted by atomic mass is 35.5. The summed E-state index contributed by atoms with van der Waals surface area (Å²) in [5.41, 5.74) is -2.63. The number of hydrogen-bond donors (Lipinski definition) is 1. The maximum atomic E-state index is 14.4. The van der Waals surface area contributed by atoms with E-state index < -0.39 is 41.0 Å². The number of ether oxygens (including phenoxy) is 1. The highest BCUT2D eigenvalue weighted by Crippen LogP contribution is 2.43. The predicted octanol–water partition coefficient (Wildman–Crippen LogP) is 7.41. The second kappa shape index (κ2) is 13.0. The van der Waals surface area contributed by atoms with E-state index >= 15 is 0 Å². The largest absolute Gasteiger partial charge is 0.478 e. The summed E-state index contributed by atoms with van der Waals surface area (Å²) in [7, 11) is 0. The second-order valence-electron chi connectivity index (χ2n) is 9.61. The molecule has 0 fully saturated rings. The van der Waals surface area contributed by atoms with Crippen LogP contribution in [0.25, 0.3) is 0 Å². The molecule has 41 heavy (non-hydrogen) atoms. The molecule has 1 aromatic heterocycles. The van der Waals surface area contributed by atoms with E-state index in [2.05, 4.69) is 4.98 Å². The Morgan fingerprint density at radius 1 is 1.07 bits per heavy atom. The highest BCUT2D eigenvalue weighted by molar-refractivity contribution is 6.31. The fraction of sp³-hybridized carbons (Fsp3) is 0.414. The average Bonchev–Trinajstić information content (AvgIpc) is 2.88. The third kappa shape index (κ3) is 7.06. The first-order valence-electron chi connectivity index (χ1n) is 13.0. The van der Waals surface area contributed by atoms with E-state index in [4.69, 9.17) is 16.3 Å². The molecule has 1 heterocycles. The van der Waals surface area contributed by atoms with Gasteiger partial charge in [0.15, 0.2) is 0 Å². The summed E-state index contributed by atoms with van der Waals surface area (Å²) in [4.78, 5) is 29.2. The van der Waals surface area contributed by atoms with Crippen LogP contribution in [0.5, 0.6) is 5.75 Å². The van der Waals surface area contributed by atoms with Crippen LogP contribution in [0.4, 0.5) is 22.0 Å². The summed E-state index contributed by atoms with van der Waals surface area (Å²) in [5, 5.41) is 10.0. The SMILES string of the molecule is CCCCc1nc(C)c(C(F)(F)C(F)(F)F)c(=O)n1Cc1ccc(OC(C(=O)O)c2ccccc2Cl)c(CCC)c1. The number of halogens is 6. The summed E-state index contributed by atoms with van der Waals surface area (Å²) in [5.74, 6) is -6.34. The van der Waals surface area contributed by atoms with Crippen LogP contribution in [0.15, 0.2) is 47.3 Å². The summed E-state index contributed by atoms with van der Waals surface area (Å²) < 4.78 is 75.3. The van der Waals surface area contributed by atoms with Gasteiger partial charge >= 0.3 is 18.1 Å². The molecule has 0 aliphatic rings. The number of carboxylic acid groups (broad SMARTS) is 1. The van der Waals surface area contributed by atoms with Crippen LogP contribution in [-0.4, -0.2) is 26.8 Å². The maximum Gasteiger partial charge on any atom is 0.458 e. The van der Waals surface area contributed by atoms with Gasteiger partial charge in [-0.3, -0.25) is 9.36 Å². The van der Waals surface area contributed by atoms with Crippen LogP contribution in [0.3, 0.4) is 0 Å². The number of benzene rings is 2. The molecule has 3 aromatic rings. The van der Waals surface area contributed by atoms with Crippen molar-refractivity contribution >= 4 is 17.6 Å². The topological polar surface area (TPSA) is 81.4 Å². The van der Waals surface area contributed by atoms with Gasteiger partial charge < -0.3 is 9.84 Å². The minimum absolute atomic E-state index is 0.0955. The van der Waals surface area contributed by atoms with E-state index in [9.17, 15) is 36.6 Å². The number of carbonyl (C=O) groups is 1. The van der Waals surface area contributed by atoms with Crippen molar-refractivity contribution in [2.45, 2.75) is 77.6 Å². The van der Waals surface area contributed by atoms with Gasteiger partial charge in [0.1, 0.15) is 17.1 Å². The third-order valence-electron chi connectivity index (χ3n) is 6.49. The molecule has 3 rings (SSSR count). The number of nitrogens with zero attached hydrogens (tertiary/aromatic N) is 2. The lowest BCUT2D eigenvalue weighted by atomic mass is 10.0. The van der Waals surface area contributed by atoms with E-state index in [-0.39, 0.29) is 35.1 Å². The molecule has 1 N–H and O–H groups in total. The van der Waals surface area contributed by atoms with E-state index in [1.54, 1.807) is 18.2 Å². The molecule has 0 aliphatic heterocycles. The Morgan fingerprint density at radius 2 is 1.76 bits per heavy atom. The van der Waals surface area contributed by atoms with Crippen LogP contribution in [0.1, 0.15) is 73.0 Å². The molecule has 0 spiro atoms. The molecule has 0 saturated heterocycles. The van der Waals surface area contributed by atoms with Crippen molar-refractivity contribution in [1.82, 2.24) is 9.55 Å². The average molecular weight is 601 g/mol. The Kier molecular flexibility index (Phi) is 10.2. The monoisotopic (exact) mass is 600 g/mol. The smallest absolute Gasteiger partial charge is 0.458 e. The van der Waals surface area contributed by atoms with Gasteiger partial charge in [-0.05, 0) is 43.0 Å². The molecule has 1 atom stereocenters. The van der Waals surface area contributed by atoms with Crippen LogP contribution in [0, 0.1) is 6.92 Å². The van der Waals surface area contributed by atoms with Crippen molar-refractivity contribution in [3.05, 3.63) is 91.6 Å². The molecular weight excluding hydrogens is 571 g/mol. The van der Waals surface area contributed by atoms with E-state index in [1.165, 1.54) is 24.3 Å². The Balaban J connectivity index is 2.09. The number of hydrogen-bond acceptors (Lipinski definition) is 4. The van der Waals surface area contributed by atoms with Gasteiger partial charge in [0, 0.05) is 17.0 Å². The summed E-state index contributed by atoms with van der Waals surface area (Å²) >= 11 is 6.19. The van der Waals surface area contributed by atoms with Crippen molar-refractivity contribution in [3.8, 4) is 5.75 Å². The normalized spacial score (nSPS) is 12.8. The summed E-state index contributed by atoms with van der Waals surface area (Å²) in [6.45, 7) is 4.39. The van der Waals surface area contributed by atoms with E-state index in [0.29, 0.717) is 36.8 Å². The molecule has 1 unspecified atom stereocenters. The minimum Gasteiger partial charge on any atom is -0.478 e. The zero-order valence-corrected chi connectivity index (χ0v) is 23.5. The molecule has 0 radical (unpaired) electrons. The minimum atomic E-state index is -5.98. The summed E-state index contributed by atoms with van der Waals surface area (Å²) in [6, 6.07) is 10.9. The zero-order chi connectivity index (χ0) is 30.5. The second-order valence-corrected chi connectivity index (χ2v) is 10.0. The zero-order valence-electron chi connectivity index (χ0n) is 22.7. The number of rotatable bonds is 12. The molecule has 0 aliphatic carbocycles. The van der Waals surface area contributed by atoms with E-state index in [1.807, 2.05) is 13.8 Å². The van der Waals surface area contributed by atoms with Crippen molar-refractivity contribution in [2.24, 2.45) is 0 Å². The lowest BCUT2D eigenvalue weighted by Gasteiger charge is -2.23. The predicted molar refractivity (Wildman–Crippen MR) is 144 cm³/mol. The number of unbranched alkanes of at least 4 members (excludes halogenated alkanes) is 1. The lowest BCUT2D eigenvalue weighted by Crippen LogP contribution is -2.42. The number of aromatic nitrogens is 2. The van der Waals surface area contributed by atoms with Gasteiger partial charge in [0.2, 0.25) is 6.10 Å². The van der Waals surface area contributed by atoms with Crippen molar-refractivity contribution in [2.75, 3.05) is 0 Å². The first-order valence-corrected chi connectivity index (χ1v) is 13.4. The Labute approximate surface area is 238 Å². The van der Waals surface area contributed by atoms with Gasteiger partial charge in [-0.1, -0.05) is 68.6 Å². The molecule has 12 heteroatoms. The Bertz CT molecular complexity index is 1460. The Morgan fingerprint density at radius 3 is 2.34 bits per heavy atom. The van der Waals surface area contributed by atoms with Gasteiger partial charge in [-0.15, -0.1) is 0 Å². The molecule has 2 aromatic carbocycles. The molecule has 222 valence electrons. The first kappa shape index (κ1) is 32.0. The van der Waals surface area contributed by atoms with Crippen LogP contribution >= 0.6 is 11.6 Å². The Hall–Kier alpha value is -3.47. The first-order chi connectivity index (χ1) is 19.2. The van der Waals surface area contributed by atoms with Gasteiger partial charge in [-0.2, -0.15) is 22.0 Å². The van der Waals surface area contributed by atoms with E-state index in [0.717, 1.165) is 11.5 Å². The molecule has 6 nitrogen and oxygen atoms in total. The molecule has 0 bridgehead atoms. The quantitative estimate of drug-likeness (QED) is 0.219. The van der Waals surface area contributed by atoms with Gasteiger partial charge in [-0.25, -0.2) is 9.78 Å². The van der Waals surface area contributed by atoms with Crippen molar-refractivity contribution in [1.29, 1.82) is 0 Å².